The molecule has 0 saturated heterocycles. The van der Waals surface area contributed by atoms with Gasteiger partial charge in [-0.2, -0.15) is 5.10 Å². The Morgan fingerprint density at radius 2 is 1.95 bits per heavy atom. The predicted molar refractivity (Wildman–Crippen MR) is 79.6 cm³/mol. The van der Waals surface area contributed by atoms with Crippen LogP contribution in [0.4, 0.5) is 5.95 Å². The highest BCUT2D eigenvalue weighted by Crippen LogP contribution is 2.22. The molecule has 1 aromatic carbocycles. The van der Waals surface area contributed by atoms with E-state index in [0.29, 0.717) is 16.9 Å². The van der Waals surface area contributed by atoms with Gasteiger partial charge in [0.2, 0.25) is 5.95 Å². The molecule has 3 rings (SSSR count). The van der Waals surface area contributed by atoms with Crippen LogP contribution in [0.5, 0.6) is 0 Å². The summed E-state index contributed by atoms with van der Waals surface area (Å²) < 4.78 is 29.0. The smallest absolute Gasteiger partial charge is 0.267 e. The largest absolute Gasteiger partial charge is 0.323 e. The molecule has 0 unspecified atom stereocenters. The fourth-order valence-corrected chi connectivity index (χ4v) is 3.73. The van der Waals surface area contributed by atoms with Crippen LogP contribution in [0, 0.1) is 13.8 Å². The molecule has 0 radical (unpaired) electrons. The number of benzene rings is 1. The fourth-order valence-electron chi connectivity index (χ4n) is 2.32. The summed E-state index contributed by atoms with van der Waals surface area (Å²) in [5.74, 6) is 0.193. The number of aryl methyl sites for hydroxylation is 2. The molecule has 3 aromatic rings. The van der Waals surface area contributed by atoms with Crippen molar-refractivity contribution in [2.24, 2.45) is 7.05 Å². The van der Waals surface area contributed by atoms with Gasteiger partial charge in [-0.15, -0.1) is 0 Å². The van der Waals surface area contributed by atoms with Crippen LogP contribution in [0.3, 0.4) is 0 Å². The number of fused-ring (bicyclic) bond motifs is 1. The average molecular weight is 305 g/mol. The lowest BCUT2D eigenvalue weighted by Crippen LogP contribution is -2.15. The van der Waals surface area contributed by atoms with E-state index in [1.807, 2.05) is 24.3 Å². The maximum atomic E-state index is 12.5. The van der Waals surface area contributed by atoms with E-state index in [2.05, 4.69) is 19.8 Å². The second-order valence-corrected chi connectivity index (χ2v) is 6.45. The Morgan fingerprint density at radius 3 is 2.57 bits per heavy atom. The highest BCUT2D eigenvalue weighted by molar-refractivity contribution is 7.92. The third-order valence-corrected chi connectivity index (χ3v) is 4.92. The molecule has 2 aromatic heterocycles. The van der Waals surface area contributed by atoms with Gasteiger partial charge in [-0.25, -0.2) is 18.1 Å². The number of hydrogen-bond donors (Lipinski definition) is 2. The first-order chi connectivity index (χ1) is 9.88. The van der Waals surface area contributed by atoms with Crippen molar-refractivity contribution in [3.8, 4) is 0 Å². The number of imidazole rings is 1. The van der Waals surface area contributed by atoms with Crippen molar-refractivity contribution in [2.75, 3.05) is 4.72 Å². The minimum atomic E-state index is -3.73. The van der Waals surface area contributed by atoms with E-state index in [-0.39, 0.29) is 10.8 Å². The Morgan fingerprint density at radius 1 is 1.24 bits per heavy atom. The first-order valence-electron chi connectivity index (χ1n) is 6.36. The molecule has 7 nitrogen and oxygen atoms in total. The van der Waals surface area contributed by atoms with Crippen molar-refractivity contribution in [1.29, 1.82) is 0 Å². The molecule has 0 amide bonds. The van der Waals surface area contributed by atoms with Crippen LogP contribution in [-0.4, -0.2) is 28.2 Å². The minimum absolute atomic E-state index is 0.186. The summed E-state index contributed by atoms with van der Waals surface area (Å²) in [6.07, 6.45) is 0. The van der Waals surface area contributed by atoms with Gasteiger partial charge in [0.25, 0.3) is 10.0 Å². The number of aromatic nitrogens is 4. The lowest BCUT2D eigenvalue weighted by Gasteiger charge is -2.05. The summed E-state index contributed by atoms with van der Waals surface area (Å²) in [4.78, 5) is 7.34. The van der Waals surface area contributed by atoms with Crippen LogP contribution in [-0.2, 0) is 17.1 Å². The fraction of sp³-hybridized carbons (Fsp3) is 0.231. The van der Waals surface area contributed by atoms with Crippen molar-refractivity contribution in [2.45, 2.75) is 18.7 Å². The Kier molecular flexibility index (Phi) is 2.98. The Bertz CT molecular complexity index is 890. The number of aromatic amines is 1. The number of anilines is 1. The summed E-state index contributed by atoms with van der Waals surface area (Å²) in [6, 6.07) is 7.34. The van der Waals surface area contributed by atoms with Gasteiger partial charge in [-0.05, 0) is 26.0 Å². The highest BCUT2D eigenvalue weighted by Gasteiger charge is 2.24. The highest BCUT2D eigenvalue weighted by atomic mass is 32.2. The zero-order valence-electron chi connectivity index (χ0n) is 11.9. The molecule has 0 aliphatic carbocycles. The van der Waals surface area contributed by atoms with E-state index < -0.39 is 10.0 Å². The molecular formula is C13H15N5O2S. The third-order valence-electron chi connectivity index (χ3n) is 3.33. The zero-order chi connectivity index (χ0) is 15.2. The van der Waals surface area contributed by atoms with Crippen LogP contribution in [0.2, 0.25) is 0 Å². The van der Waals surface area contributed by atoms with Gasteiger partial charge >= 0.3 is 0 Å². The lowest BCUT2D eigenvalue weighted by molar-refractivity contribution is 0.599. The summed E-state index contributed by atoms with van der Waals surface area (Å²) >= 11 is 0. The summed E-state index contributed by atoms with van der Waals surface area (Å²) in [7, 11) is -2.02. The molecular weight excluding hydrogens is 290 g/mol. The van der Waals surface area contributed by atoms with Crippen LogP contribution in [0.15, 0.2) is 29.2 Å². The molecule has 0 bridgehead atoms. The molecule has 0 fully saturated rings. The molecule has 0 aliphatic rings. The second-order valence-electron chi connectivity index (χ2n) is 4.83. The number of sulfonamides is 1. The van der Waals surface area contributed by atoms with Crippen LogP contribution >= 0.6 is 0 Å². The van der Waals surface area contributed by atoms with Crippen molar-refractivity contribution in [3.63, 3.8) is 0 Å². The molecule has 2 N–H and O–H groups in total. The maximum absolute atomic E-state index is 12.5. The summed E-state index contributed by atoms with van der Waals surface area (Å²) in [5, 5.41) is 4.13. The molecule has 2 heterocycles. The molecule has 110 valence electrons. The standard InChI is InChI=1S/C13H15N5O2S/c1-8-12(9(2)18(3)16-8)21(19,20)17-13-14-10-6-4-5-7-11(10)15-13/h4-7H,1-3H3,(H2,14,15,17). The molecule has 21 heavy (non-hydrogen) atoms. The second kappa shape index (κ2) is 4.59. The monoisotopic (exact) mass is 305 g/mol. The maximum Gasteiger partial charge on any atom is 0.267 e. The molecule has 0 aliphatic heterocycles. The zero-order valence-corrected chi connectivity index (χ0v) is 12.7. The van der Waals surface area contributed by atoms with E-state index in [9.17, 15) is 8.42 Å². The van der Waals surface area contributed by atoms with Crippen LogP contribution < -0.4 is 4.72 Å². The molecule has 8 heteroatoms. The first-order valence-corrected chi connectivity index (χ1v) is 7.84. The third kappa shape index (κ3) is 2.27. The predicted octanol–water partition coefficient (Wildman–Crippen LogP) is 1.71. The number of hydrogen-bond acceptors (Lipinski definition) is 4. The lowest BCUT2D eigenvalue weighted by atomic mass is 10.3. The topological polar surface area (TPSA) is 92.7 Å². The number of H-pyrrole nitrogens is 1. The molecule has 0 atom stereocenters. The average Bonchev–Trinajstić information content (AvgIpc) is 2.89. The van der Waals surface area contributed by atoms with Crippen LogP contribution in [0.1, 0.15) is 11.4 Å². The van der Waals surface area contributed by atoms with Crippen molar-refractivity contribution in [3.05, 3.63) is 35.7 Å². The molecule has 0 spiro atoms. The summed E-state index contributed by atoms with van der Waals surface area (Å²) in [5.41, 5.74) is 2.51. The van der Waals surface area contributed by atoms with Gasteiger partial charge in [0.15, 0.2) is 0 Å². The Labute approximate surface area is 122 Å². The molecule has 0 saturated carbocycles. The van der Waals surface area contributed by atoms with E-state index in [0.717, 1.165) is 5.52 Å². The number of rotatable bonds is 3. The van der Waals surface area contributed by atoms with Gasteiger partial charge in [-0.3, -0.25) is 4.68 Å². The van der Waals surface area contributed by atoms with Gasteiger partial charge < -0.3 is 4.98 Å². The van der Waals surface area contributed by atoms with E-state index in [1.54, 1.807) is 25.6 Å². The van der Waals surface area contributed by atoms with E-state index in [4.69, 9.17) is 0 Å². The minimum Gasteiger partial charge on any atom is -0.323 e. The van der Waals surface area contributed by atoms with Crippen molar-refractivity contribution >= 4 is 27.0 Å². The van der Waals surface area contributed by atoms with Crippen molar-refractivity contribution in [1.82, 2.24) is 19.7 Å². The van der Waals surface area contributed by atoms with Gasteiger partial charge in [0, 0.05) is 7.05 Å². The first kappa shape index (κ1) is 13.6. The number of nitrogens with one attached hydrogen (secondary N) is 2. The van der Waals surface area contributed by atoms with E-state index >= 15 is 0 Å². The van der Waals surface area contributed by atoms with Gasteiger partial charge in [-0.1, -0.05) is 12.1 Å². The number of nitrogens with zero attached hydrogens (tertiary/aromatic N) is 3. The van der Waals surface area contributed by atoms with Crippen molar-refractivity contribution < 1.29 is 8.42 Å². The Balaban J connectivity index is 2.03. The summed E-state index contributed by atoms with van der Waals surface area (Å²) in [6.45, 7) is 3.38. The van der Waals surface area contributed by atoms with Crippen LogP contribution in [0.25, 0.3) is 11.0 Å². The van der Waals surface area contributed by atoms with Gasteiger partial charge in [0.05, 0.1) is 22.4 Å². The quantitative estimate of drug-likeness (QED) is 0.770. The van der Waals surface area contributed by atoms with E-state index in [1.165, 1.54) is 0 Å². The number of para-hydroxylation sites is 2. The Hall–Kier alpha value is -2.35. The van der Waals surface area contributed by atoms with Gasteiger partial charge in [0.1, 0.15) is 4.90 Å². The SMILES string of the molecule is Cc1nn(C)c(C)c1S(=O)(=O)Nc1nc2ccccc2[nH]1. The normalized spacial score (nSPS) is 12.0.